The molecule has 3 heterocycles. The second-order valence-corrected chi connectivity index (χ2v) is 11.3. The summed E-state index contributed by atoms with van der Waals surface area (Å²) in [7, 11) is 0. The number of rotatable bonds is 15. The van der Waals surface area contributed by atoms with Crippen LogP contribution < -0.4 is 10.5 Å². The first-order valence-electron chi connectivity index (χ1n) is 14.9. The summed E-state index contributed by atoms with van der Waals surface area (Å²) >= 11 is 0. The molecular formula is C30H46N4O5. The molecule has 0 spiro atoms. The number of hydrogen-bond donors (Lipinski definition) is 2. The van der Waals surface area contributed by atoms with E-state index < -0.39 is 11.9 Å². The van der Waals surface area contributed by atoms with Crippen LogP contribution in [-0.2, 0) is 20.8 Å². The normalized spacial score (nSPS) is 22.8. The van der Waals surface area contributed by atoms with Crippen molar-refractivity contribution in [3.8, 4) is 5.75 Å². The Balaban J connectivity index is 1.53. The Morgan fingerprint density at radius 1 is 1.15 bits per heavy atom. The predicted molar refractivity (Wildman–Crippen MR) is 150 cm³/mol. The SMILES string of the molecule is CCCCN(CCCCN)C(=O)CN1C[C@H](c2ccc3c(c2)CCO3)[C@@H](C(=O)O)[C@@H]1CCCN1CCCC1=O. The molecule has 39 heavy (non-hydrogen) atoms. The highest BCUT2D eigenvalue weighted by Gasteiger charge is 2.47. The Kier molecular flexibility index (Phi) is 10.6. The largest absolute Gasteiger partial charge is 0.493 e. The van der Waals surface area contributed by atoms with Crippen LogP contribution in [0, 0.1) is 5.92 Å². The van der Waals surface area contributed by atoms with Crippen molar-refractivity contribution in [1.29, 1.82) is 0 Å². The second kappa shape index (κ2) is 14.1. The molecule has 0 unspecified atom stereocenters. The van der Waals surface area contributed by atoms with Gasteiger partial charge in [-0.3, -0.25) is 19.3 Å². The van der Waals surface area contributed by atoms with E-state index in [1.165, 1.54) is 0 Å². The van der Waals surface area contributed by atoms with Gasteiger partial charge in [0.05, 0.1) is 19.1 Å². The van der Waals surface area contributed by atoms with Crippen molar-refractivity contribution in [2.45, 2.75) is 76.7 Å². The smallest absolute Gasteiger partial charge is 0.308 e. The second-order valence-electron chi connectivity index (χ2n) is 11.3. The van der Waals surface area contributed by atoms with Gasteiger partial charge in [0, 0.05) is 57.5 Å². The Morgan fingerprint density at radius 2 is 1.97 bits per heavy atom. The minimum absolute atomic E-state index is 0.0623. The number of fused-ring (bicyclic) bond motifs is 1. The van der Waals surface area contributed by atoms with Gasteiger partial charge in [-0.25, -0.2) is 0 Å². The number of benzene rings is 1. The number of likely N-dealkylation sites (tertiary alicyclic amines) is 2. The zero-order chi connectivity index (χ0) is 27.8. The lowest BCUT2D eigenvalue weighted by Crippen LogP contribution is -2.45. The molecule has 3 N–H and O–H groups in total. The van der Waals surface area contributed by atoms with Crippen molar-refractivity contribution in [1.82, 2.24) is 14.7 Å². The van der Waals surface area contributed by atoms with Gasteiger partial charge in [-0.05, 0) is 62.3 Å². The number of aliphatic carboxylic acids is 1. The Hall–Kier alpha value is -2.65. The molecule has 2 fully saturated rings. The Labute approximate surface area is 232 Å². The minimum atomic E-state index is -0.820. The number of nitrogens with two attached hydrogens (primary N) is 1. The summed E-state index contributed by atoms with van der Waals surface area (Å²) in [5, 5.41) is 10.5. The van der Waals surface area contributed by atoms with Crippen LogP contribution in [0.15, 0.2) is 18.2 Å². The molecule has 0 aliphatic carbocycles. The van der Waals surface area contributed by atoms with Gasteiger partial charge in [0.15, 0.2) is 0 Å². The maximum atomic E-state index is 13.6. The maximum absolute atomic E-state index is 13.6. The fourth-order valence-electron chi connectivity index (χ4n) is 6.49. The van der Waals surface area contributed by atoms with Crippen LogP contribution in [-0.4, -0.2) is 96.1 Å². The van der Waals surface area contributed by atoms with Crippen molar-refractivity contribution in [3.63, 3.8) is 0 Å². The van der Waals surface area contributed by atoms with Gasteiger partial charge in [-0.15, -0.1) is 0 Å². The monoisotopic (exact) mass is 542 g/mol. The van der Waals surface area contributed by atoms with E-state index >= 15 is 0 Å². The number of carboxylic acids is 1. The summed E-state index contributed by atoms with van der Waals surface area (Å²) in [5.74, 6) is -0.515. The number of unbranched alkanes of at least 4 members (excludes halogenated alkanes) is 2. The Morgan fingerprint density at radius 3 is 2.69 bits per heavy atom. The number of amides is 2. The first-order valence-corrected chi connectivity index (χ1v) is 14.9. The average molecular weight is 543 g/mol. The third kappa shape index (κ3) is 7.31. The van der Waals surface area contributed by atoms with Crippen molar-refractivity contribution < 1.29 is 24.2 Å². The highest BCUT2D eigenvalue weighted by Crippen LogP contribution is 2.41. The summed E-state index contributed by atoms with van der Waals surface area (Å²) < 4.78 is 5.68. The van der Waals surface area contributed by atoms with E-state index in [1.54, 1.807) is 0 Å². The van der Waals surface area contributed by atoms with Gasteiger partial charge in [0.2, 0.25) is 11.8 Å². The predicted octanol–water partition coefficient (Wildman–Crippen LogP) is 2.86. The fourth-order valence-corrected chi connectivity index (χ4v) is 6.49. The number of carboxylic acid groups (broad SMARTS) is 1. The topological polar surface area (TPSA) is 116 Å². The molecular weight excluding hydrogens is 496 g/mol. The molecule has 0 bridgehead atoms. The Bertz CT molecular complexity index is 1000. The molecule has 9 heteroatoms. The zero-order valence-electron chi connectivity index (χ0n) is 23.5. The van der Waals surface area contributed by atoms with Gasteiger partial charge < -0.3 is 25.4 Å². The molecule has 0 aromatic heterocycles. The van der Waals surface area contributed by atoms with Gasteiger partial charge in [0.25, 0.3) is 0 Å². The van der Waals surface area contributed by atoms with E-state index in [1.807, 2.05) is 21.9 Å². The summed E-state index contributed by atoms with van der Waals surface area (Å²) in [6, 6.07) is 5.79. The molecule has 3 atom stereocenters. The standard InChI is InChI=1S/C30H46N4O5/c1-2-3-14-33(15-5-4-13-31)28(36)21-34-20-24(22-10-11-26-23(19-22)12-18-39-26)29(30(37)38)25(34)8-6-16-32-17-7-9-27(32)35/h10-11,19,24-25,29H,2-9,12-18,20-21,31H2,1H3,(H,37,38)/t24-,25+,29-/m1/s1. The van der Waals surface area contributed by atoms with E-state index in [4.69, 9.17) is 10.5 Å². The molecule has 216 valence electrons. The number of carbonyl (C=O) groups excluding carboxylic acids is 2. The highest BCUT2D eigenvalue weighted by atomic mass is 16.5. The van der Waals surface area contributed by atoms with Gasteiger partial charge in [-0.1, -0.05) is 25.5 Å². The number of hydrogen-bond acceptors (Lipinski definition) is 6. The van der Waals surface area contributed by atoms with Crippen LogP contribution in [0.25, 0.3) is 0 Å². The molecule has 0 saturated carbocycles. The molecule has 3 aliphatic rings. The number of carbonyl (C=O) groups is 3. The average Bonchev–Trinajstić information content (AvgIpc) is 3.64. The minimum Gasteiger partial charge on any atom is -0.493 e. The van der Waals surface area contributed by atoms with Crippen molar-refractivity contribution in [2.75, 3.05) is 52.4 Å². The summed E-state index contributed by atoms with van der Waals surface area (Å²) in [4.78, 5) is 44.4. The molecule has 1 aromatic carbocycles. The first kappa shape index (κ1) is 29.3. The van der Waals surface area contributed by atoms with Crippen LogP contribution in [0.5, 0.6) is 5.75 Å². The maximum Gasteiger partial charge on any atom is 0.308 e. The van der Waals surface area contributed by atoms with Crippen LogP contribution in [0.3, 0.4) is 0 Å². The molecule has 0 radical (unpaired) electrons. The van der Waals surface area contributed by atoms with Crippen LogP contribution >= 0.6 is 0 Å². The van der Waals surface area contributed by atoms with Crippen LogP contribution in [0.2, 0.25) is 0 Å². The molecule has 3 aliphatic heterocycles. The van der Waals surface area contributed by atoms with Gasteiger partial charge >= 0.3 is 5.97 Å². The van der Waals surface area contributed by atoms with E-state index in [9.17, 15) is 19.5 Å². The summed E-state index contributed by atoms with van der Waals surface area (Å²) in [5.41, 5.74) is 7.82. The fraction of sp³-hybridized carbons (Fsp3) is 0.700. The molecule has 4 rings (SSSR count). The molecule has 2 saturated heterocycles. The summed E-state index contributed by atoms with van der Waals surface area (Å²) in [6.07, 6.45) is 7.39. The van der Waals surface area contributed by atoms with Crippen LogP contribution in [0.4, 0.5) is 0 Å². The lowest BCUT2D eigenvalue weighted by Gasteiger charge is -2.30. The van der Waals surface area contributed by atoms with E-state index in [2.05, 4.69) is 17.9 Å². The van der Waals surface area contributed by atoms with Gasteiger partial charge in [0.1, 0.15) is 5.75 Å². The third-order valence-electron chi connectivity index (χ3n) is 8.63. The number of nitrogens with zero attached hydrogens (tertiary/aromatic N) is 3. The first-order chi connectivity index (χ1) is 18.9. The van der Waals surface area contributed by atoms with E-state index in [0.29, 0.717) is 52.2 Å². The lowest BCUT2D eigenvalue weighted by molar-refractivity contribution is -0.144. The molecule has 1 aromatic rings. The van der Waals surface area contributed by atoms with Gasteiger partial charge in [-0.2, -0.15) is 0 Å². The van der Waals surface area contributed by atoms with Crippen molar-refractivity contribution >= 4 is 17.8 Å². The third-order valence-corrected chi connectivity index (χ3v) is 8.63. The summed E-state index contributed by atoms with van der Waals surface area (Å²) in [6.45, 7) is 6.95. The lowest BCUT2D eigenvalue weighted by atomic mass is 9.83. The van der Waals surface area contributed by atoms with Crippen molar-refractivity contribution in [2.24, 2.45) is 11.7 Å². The quantitative estimate of drug-likeness (QED) is 0.327. The zero-order valence-corrected chi connectivity index (χ0v) is 23.5. The number of ether oxygens (including phenoxy) is 1. The van der Waals surface area contributed by atoms with Crippen LogP contribution in [0.1, 0.15) is 75.3 Å². The van der Waals surface area contributed by atoms with Crippen molar-refractivity contribution in [3.05, 3.63) is 29.3 Å². The molecule has 9 nitrogen and oxygen atoms in total. The highest BCUT2D eigenvalue weighted by molar-refractivity contribution is 5.79. The molecule has 2 amide bonds. The van der Waals surface area contributed by atoms with E-state index in [0.717, 1.165) is 68.4 Å². The van der Waals surface area contributed by atoms with E-state index in [-0.39, 0.29) is 30.3 Å².